The zero-order chi connectivity index (χ0) is 9.45. The van der Waals surface area contributed by atoms with E-state index in [1.165, 1.54) is 0 Å². The van der Waals surface area contributed by atoms with Crippen molar-refractivity contribution in [3.63, 3.8) is 0 Å². The third-order valence-electron chi connectivity index (χ3n) is 1.24. The molecule has 0 heterocycles. The van der Waals surface area contributed by atoms with Gasteiger partial charge in [-0.2, -0.15) is 0 Å². The maximum atomic E-state index is 8.18. The number of nitrogens with zero attached hydrogens (tertiary/aromatic N) is 6. The van der Waals surface area contributed by atoms with Crippen LogP contribution in [0.25, 0.3) is 20.9 Å². The molecule has 7 heteroatoms. The smallest absolute Gasteiger partial charge is 0.225 e. The van der Waals surface area contributed by atoms with E-state index in [1.54, 1.807) is 13.8 Å². The molecule has 0 aromatic rings. The predicted octanol–water partition coefficient (Wildman–Crippen LogP) is 2.71. The number of rotatable bonds is 5. The first-order valence-electron chi connectivity index (χ1n) is 3.51. The summed E-state index contributed by atoms with van der Waals surface area (Å²) < 4.78 is 5.02. The predicted molar refractivity (Wildman–Crippen MR) is 42.9 cm³/mol. The van der Waals surface area contributed by atoms with Gasteiger partial charge in [-0.15, -0.1) is 0 Å². The van der Waals surface area contributed by atoms with Gasteiger partial charge in [0.1, 0.15) is 0 Å². The average Bonchev–Trinajstić information content (AvgIpc) is 2.06. The largest absolute Gasteiger partial charge is 0.364 e. The molecule has 0 unspecified atom stereocenters. The molecule has 0 rings (SSSR count). The molecule has 7 nitrogen and oxygen atoms in total. The monoisotopic (exact) mass is 170 g/mol. The quantitative estimate of drug-likeness (QED) is 0.353. The minimum absolute atomic E-state index is 0.314. The van der Waals surface area contributed by atoms with Crippen molar-refractivity contribution in [1.82, 2.24) is 0 Å². The summed E-state index contributed by atoms with van der Waals surface area (Å²) in [6.07, 6.45) is 0.314. The Morgan fingerprint density at radius 1 is 1.25 bits per heavy atom. The lowest BCUT2D eigenvalue weighted by Gasteiger charge is -2.20. The van der Waals surface area contributed by atoms with E-state index >= 15 is 0 Å². The molecular weight excluding hydrogens is 160 g/mol. The molecule has 0 saturated heterocycles. The fourth-order valence-electron chi connectivity index (χ4n) is 0.692. The van der Waals surface area contributed by atoms with Crippen LogP contribution in [-0.4, -0.2) is 12.5 Å². The second-order valence-electron chi connectivity index (χ2n) is 1.91. The van der Waals surface area contributed by atoms with E-state index in [9.17, 15) is 0 Å². The van der Waals surface area contributed by atoms with Crippen LogP contribution in [0.4, 0.5) is 0 Å². The van der Waals surface area contributed by atoms with Crippen LogP contribution in [-0.2, 0) is 4.74 Å². The molecule has 0 N–H and O–H groups in total. The number of hydrogen-bond donors (Lipinski definition) is 0. The van der Waals surface area contributed by atoms with Crippen LogP contribution in [0.2, 0.25) is 0 Å². The van der Waals surface area contributed by atoms with Crippen molar-refractivity contribution in [2.75, 3.05) is 6.61 Å². The van der Waals surface area contributed by atoms with E-state index in [0.29, 0.717) is 13.0 Å². The molecule has 0 aliphatic rings. The minimum Gasteiger partial charge on any atom is -0.364 e. The highest BCUT2D eigenvalue weighted by Gasteiger charge is 2.25. The molecule has 12 heavy (non-hydrogen) atoms. The van der Waals surface area contributed by atoms with Gasteiger partial charge in [0.2, 0.25) is 5.85 Å². The van der Waals surface area contributed by atoms with Crippen LogP contribution in [0.5, 0.6) is 0 Å². The van der Waals surface area contributed by atoms with E-state index in [1.807, 2.05) is 0 Å². The van der Waals surface area contributed by atoms with Gasteiger partial charge in [0.15, 0.2) is 0 Å². The van der Waals surface area contributed by atoms with Crippen molar-refractivity contribution in [2.24, 2.45) is 10.2 Å². The maximum absolute atomic E-state index is 8.18. The molecule has 0 aliphatic heterocycles. The lowest BCUT2D eigenvalue weighted by atomic mass is 10.3. The van der Waals surface area contributed by atoms with Gasteiger partial charge in [0, 0.05) is 16.4 Å². The van der Waals surface area contributed by atoms with Crippen LogP contribution in [0, 0.1) is 0 Å². The molecule has 66 valence electrons. The van der Waals surface area contributed by atoms with E-state index < -0.39 is 5.85 Å². The van der Waals surface area contributed by atoms with E-state index in [2.05, 4.69) is 20.1 Å². The third-order valence-corrected chi connectivity index (χ3v) is 1.24. The SMILES string of the molecule is CCOC(CC)(N=[N+]=[N-])N=[N+]=[N-]. The van der Waals surface area contributed by atoms with Gasteiger partial charge in [0.25, 0.3) is 0 Å². The van der Waals surface area contributed by atoms with Gasteiger partial charge >= 0.3 is 0 Å². The molecule has 0 radical (unpaired) electrons. The van der Waals surface area contributed by atoms with Gasteiger partial charge < -0.3 is 4.74 Å². The summed E-state index contributed by atoms with van der Waals surface area (Å²) in [6.45, 7) is 3.76. The Balaban J connectivity index is 4.73. The fraction of sp³-hybridized carbons (Fsp3) is 1.00. The molecule has 0 saturated carbocycles. The highest BCUT2D eigenvalue weighted by atomic mass is 16.5. The van der Waals surface area contributed by atoms with Gasteiger partial charge in [-0.3, -0.25) is 0 Å². The molecule has 0 amide bonds. The molecule has 0 aliphatic carbocycles. The second-order valence-corrected chi connectivity index (χ2v) is 1.91. The normalized spacial score (nSPS) is 13.8. The molecule has 0 fully saturated rings. The zero-order valence-corrected chi connectivity index (χ0v) is 7.01. The molecule has 0 atom stereocenters. The van der Waals surface area contributed by atoms with E-state index in [-0.39, 0.29) is 0 Å². The van der Waals surface area contributed by atoms with Crippen molar-refractivity contribution in [3.05, 3.63) is 20.9 Å². The second kappa shape index (κ2) is 5.26. The summed E-state index contributed by atoms with van der Waals surface area (Å²) in [5.41, 5.74) is 16.4. The average molecular weight is 170 g/mol. The first-order chi connectivity index (χ1) is 5.74. The minimum atomic E-state index is -1.39. The highest BCUT2D eigenvalue weighted by molar-refractivity contribution is 4.74. The molecular formula is C5H10N6O. The Morgan fingerprint density at radius 3 is 2.00 bits per heavy atom. The summed E-state index contributed by atoms with van der Waals surface area (Å²) in [5.74, 6) is -1.39. The first kappa shape index (κ1) is 10.6. The summed E-state index contributed by atoms with van der Waals surface area (Å²) in [5, 5.41) is 6.58. The fourth-order valence-corrected chi connectivity index (χ4v) is 0.692. The van der Waals surface area contributed by atoms with Gasteiger partial charge in [-0.1, -0.05) is 17.2 Å². The summed E-state index contributed by atoms with van der Waals surface area (Å²) in [4.78, 5) is 5.10. The number of azide groups is 1. The topological polar surface area (TPSA) is 107 Å². The van der Waals surface area contributed by atoms with E-state index in [4.69, 9.17) is 15.8 Å². The standard InChI is InChI=1S/C5H10N6O/c1-3-5(8-10-6,9-11-7)12-4-2/h3-4H2,1-2H3. The summed E-state index contributed by atoms with van der Waals surface area (Å²) >= 11 is 0. The van der Waals surface area contributed by atoms with Crippen LogP contribution < -0.4 is 0 Å². The van der Waals surface area contributed by atoms with Crippen LogP contribution in [0.15, 0.2) is 10.2 Å². The lowest BCUT2D eigenvalue weighted by molar-refractivity contribution is -0.0315. The maximum Gasteiger partial charge on any atom is 0.225 e. The Bertz CT molecular complexity index is 208. The van der Waals surface area contributed by atoms with Crippen molar-refractivity contribution in [1.29, 1.82) is 0 Å². The highest BCUT2D eigenvalue weighted by Crippen LogP contribution is 2.20. The van der Waals surface area contributed by atoms with Crippen LogP contribution in [0.1, 0.15) is 20.3 Å². The molecule has 0 aromatic heterocycles. The summed E-state index contributed by atoms with van der Waals surface area (Å²) in [6, 6.07) is 0. The van der Waals surface area contributed by atoms with Crippen molar-refractivity contribution in [3.8, 4) is 0 Å². The van der Waals surface area contributed by atoms with Crippen LogP contribution in [0.3, 0.4) is 0 Å². The number of hydrogen-bond acceptors (Lipinski definition) is 3. The summed E-state index contributed by atoms with van der Waals surface area (Å²) in [7, 11) is 0. The van der Waals surface area contributed by atoms with Crippen molar-refractivity contribution in [2.45, 2.75) is 26.1 Å². The van der Waals surface area contributed by atoms with E-state index in [0.717, 1.165) is 0 Å². The Morgan fingerprint density at radius 2 is 1.75 bits per heavy atom. The molecule has 0 spiro atoms. The first-order valence-corrected chi connectivity index (χ1v) is 3.51. The molecule has 0 bridgehead atoms. The Labute approximate surface area is 69.6 Å². The Hall–Kier alpha value is -1.42. The van der Waals surface area contributed by atoms with Gasteiger partial charge in [-0.05, 0) is 24.4 Å². The van der Waals surface area contributed by atoms with Gasteiger partial charge in [-0.25, -0.2) is 0 Å². The Kier molecular flexibility index (Phi) is 4.64. The van der Waals surface area contributed by atoms with Crippen LogP contribution >= 0.6 is 0 Å². The van der Waals surface area contributed by atoms with Gasteiger partial charge in [0.05, 0.1) is 0 Å². The molecule has 0 aromatic carbocycles. The zero-order valence-electron chi connectivity index (χ0n) is 7.01. The van der Waals surface area contributed by atoms with Crippen molar-refractivity contribution < 1.29 is 4.74 Å². The third kappa shape index (κ3) is 2.67. The van der Waals surface area contributed by atoms with Crippen molar-refractivity contribution >= 4 is 0 Å². The lowest BCUT2D eigenvalue weighted by Crippen LogP contribution is -2.25. The number of ether oxygens (including phenoxy) is 1.